The van der Waals surface area contributed by atoms with Crippen LogP contribution in [0.5, 0.6) is 5.75 Å². The molecule has 148 valence electrons. The molecule has 1 N–H and O–H groups in total. The number of aromatic hydroxyl groups is 1. The Kier molecular flexibility index (Phi) is 4.98. The van der Waals surface area contributed by atoms with Gasteiger partial charge in [-0.2, -0.15) is 0 Å². The van der Waals surface area contributed by atoms with E-state index in [1.165, 1.54) is 16.5 Å². The van der Waals surface area contributed by atoms with E-state index < -0.39 is 0 Å². The number of aryl methyl sites for hydroxylation is 2. The molecule has 1 aliphatic carbocycles. The van der Waals surface area contributed by atoms with Gasteiger partial charge in [0.1, 0.15) is 5.75 Å². The van der Waals surface area contributed by atoms with Crippen LogP contribution < -0.4 is 0 Å². The number of aliphatic imine (C=N–C) groups is 1. The van der Waals surface area contributed by atoms with Crippen molar-refractivity contribution in [3.8, 4) is 5.75 Å². The highest BCUT2D eigenvalue weighted by molar-refractivity contribution is 6.32. The number of halogens is 2. The number of rotatable bonds is 4. The normalized spacial score (nSPS) is 12.9. The zero-order chi connectivity index (χ0) is 20.7. The minimum absolute atomic E-state index is 0.0363. The molecule has 0 amide bonds. The Bertz CT molecular complexity index is 1300. The van der Waals surface area contributed by atoms with Crippen molar-refractivity contribution in [1.29, 1.82) is 0 Å². The largest absolute Gasteiger partial charge is 0.506 e. The summed E-state index contributed by atoms with van der Waals surface area (Å²) in [5.74, 6) is 0.0363. The quantitative estimate of drug-likeness (QED) is 0.338. The molecule has 5 rings (SSSR count). The van der Waals surface area contributed by atoms with Gasteiger partial charge in [0, 0.05) is 22.2 Å². The lowest BCUT2D eigenvalue weighted by atomic mass is 10.0. The fraction of sp³-hybridized carbons (Fsp3) is 0.115. The third kappa shape index (κ3) is 3.47. The molecule has 0 fully saturated rings. The molecule has 0 radical (unpaired) electrons. The molecule has 0 saturated heterocycles. The Labute approximate surface area is 185 Å². The first-order valence-corrected chi connectivity index (χ1v) is 10.7. The summed E-state index contributed by atoms with van der Waals surface area (Å²) in [7, 11) is 0. The Morgan fingerprint density at radius 2 is 1.67 bits per heavy atom. The van der Waals surface area contributed by atoms with Gasteiger partial charge in [-0.05, 0) is 71.2 Å². The first-order valence-electron chi connectivity index (χ1n) is 9.92. The summed E-state index contributed by atoms with van der Waals surface area (Å²) in [4.78, 5) is 4.71. The average Bonchev–Trinajstić information content (AvgIpc) is 3.17. The van der Waals surface area contributed by atoms with Gasteiger partial charge in [-0.25, -0.2) is 0 Å². The number of hydrogen-bond acceptors (Lipinski definition) is 2. The number of nitrogens with zero attached hydrogens (tertiary/aromatic N) is 1. The molecule has 0 heterocycles. The molecule has 0 aliphatic heterocycles. The van der Waals surface area contributed by atoms with Crippen LogP contribution in [-0.4, -0.2) is 11.3 Å². The molecule has 1 aliphatic rings. The molecule has 2 nitrogen and oxygen atoms in total. The van der Waals surface area contributed by atoms with Crippen LogP contribution in [0.4, 0.5) is 5.69 Å². The number of phenols is 1. The molecular formula is C26H19Cl2NO. The molecule has 30 heavy (non-hydrogen) atoms. The lowest BCUT2D eigenvalue weighted by molar-refractivity contribution is 0.474. The van der Waals surface area contributed by atoms with Crippen molar-refractivity contribution in [3.63, 3.8) is 0 Å². The second kappa shape index (κ2) is 7.79. The molecule has 0 atom stereocenters. The fourth-order valence-electron chi connectivity index (χ4n) is 4.22. The SMILES string of the molecule is Oc1c(Cl)cc(Cc2ccccc2Cl)cc1C=Nc1ccc2c3c(cccc13)CC2. The maximum Gasteiger partial charge on any atom is 0.142 e. The van der Waals surface area contributed by atoms with Crippen molar-refractivity contribution in [2.24, 2.45) is 4.99 Å². The third-order valence-electron chi connectivity index (χ3n) is 5.70. The zero-order valence-electron chi connectivity index (χ0n) is 16.2. The van der Waals surface area contributed by atoms with Crippen molar-refractivity contribution >= 4 is 45.9 Å². The molecular weight excluding hydrogens is 413 g/mol. The summed E-state index contributed by atoms with van der Waals surface area (Å²) in [6.07, 6.45) is 4.48. The van der Waals surface area contributed by atoms with Crippen molar-refractivity contribution in [2.45, 2.75) is 19.3 Å². The molecule has 4 aromatic carbocycles. The smallest absolute Gasteiger partial charge is 0.142 e. The zero-order valence-corrected chi connectivity index (χ0v) is 17.7. The van der Waals surface area contributed by atoms with Crippen LogP contribution in [0, 0.1) is 0 Å². The van der Waals surface area contributed by atoms with E-state index in [4.69, 9.17) is 28.2 Å². The van der Waals surface area contributed by atoms with Crippen molar-refractivity contribution in [3.05, 3.63) is 105 Å². The summed E-state index contributed by atoms with van der Waals surface area (Å²) >= 11 is 12.6. The fourth-order valence-corrected chi connectivity index (χ4v) is 4.68. The maximum absolute atomic E-state index is 10.5. The van der Waals surface area contributed by atoms with Gasteiger partial charge >= 0.3 is 0 Å². The van der Waals surface area contributed by atoms with Gasteiger partial charge in [0.15, 0.2) is 0 Å². The van der Waals surface area contributed by atoms with E-state index in [-0.39, 0.29) is 5.75 Å². The number of benzene rings is 4. The van der Waals surface area contributed by atoms with Gasteiger partial charge in [-0.15, -0.1) is 0 Å². The second-order valence-corrected chi connectivity index (χ2v) is 8.44. The lowest BCUT2D eigenvalue weighted by Gasteiger charge is -2.09. The highest BCUT2D eigenvalue weighted by Crippen LogP contribution is 2.37. The Morgan fingerprint density at radius 3 is 2.50 bits per heavy atom. The van der Waals surface area contributed by atoms with Gasteiger partial charge in [-0.1, -0.05) is 65.7 Å². The Hall–Kier alpha value is -2.81. The van der Waals surface area contributed by atoms with Gasteiger partial charge in [0.2, 0.25) is 0 Å². The first kappa shape index (κ1) is 19.2. The minimum Gasteiger partial charge on any atom is -0.506 e. The van der Waals surface area contributed by atoms with Gasteiger partial charge in [0.25, 0.3) is 0 Å². The summed E-state index contributed by atoms with van der Waals surface area (Å²) in [6.45, 7) is 0. The highest BCUT2D eigenvalue weighted by Gasteiger charge is 2.15. The average molecular weight is 432 g/mol. The van der Waals surface area contributed by atoms with Crippen LogP contribution in [0.15, 0.2) is 71.7 Å². The predicted octanol–water partition coefficient (Wildman–Crippen LogP) is 7.29. The number of hydrogen-bond donors (Lipinski definition) is 1. The van der Waals surface area contributed by atoms with Gasteiger partial charge < -0.3 is 5.11 Å². The first-order chi connectivity index (χ1) is 14.6. The van der Waals surface area contributed by atoms with E-state index in [0.29, 0.717) is 22.0 Å². The topological polar surface area (TPSA) is 32.6 Å². The van der Waals surface area contributed by atoms with E-state index in [2.05, 4.69) is 30.3 Å². The standard InChI is InChI=1S/C26H19Cl2NO/c27-22-7-2-1-4-19(22)12-16-13-20(26(30)23(28)14-16)15-29-24-11-10-18-9-8-17-5-3-6-21(24)25(17)18/h1-7,10-11,13-15,30H,8-9,12H2. The maximum atomic E-state index is 10.5. The van der Waals surface area contributed by atoms with Gasteiger partial charge in [-0.3, -0.25) is 4.99 Å². The number of phenolic OH excluding ortho intramolecular Hbond substituents is 1. The van der Waals surface area contributed by atoms with Gasteiger partial charge in [0.05, 0.1) is 10.7 Å². The van der Waals surface area contributed by atoms with Crippen LogP contribution in [-0.2, 0) is 19.3 Å². The predicted molar refractivity (Wildman–Crippen MR) is 126 cm³/mol. The second-order valence-electron chi connectivity index (χ2n) is 7.63. The summed E-state index contributed by atoms with van der Waals surface area (Å²) in [5, 5.41) is 14.0. The Morgan fingerprint density at radius 1 is 0.867 bits per heavy atom. The highest BCUT2D eigenvalue weighted by atomic mass is 35.5. The van der Waals surface area contributed by atoms with E-state index in [1.807, 2.05) is 30.3 Å². The molecule has 4 heteroatoms. The van der Waals surface area contributed by atoms with E-state index >= 15 is 0 Å². The monoisotopic (exact) mass is 431 g/mol. The summed E-state index contributed by atoms with van der Waals surface area (Å²) < 4.78 is 0. The Balaban J connectivity index is 1.52. The molecule has 0 unspecified atom stereocenters. The van der Waals surface area contributed by atoms with E-state index in [9.17, 15) is 5.11 Å². The van der Waals surface area contributed by atoms with Crippen molar-refractivity contribution in [1.82, 2.24) is 0 Å². The van der Waals surface area contributed by atoms with Crippen LogP contribution in [0.1, 0.15) is 27.8 Å². The van der Waals surface area contributed by atoms with Crippen LogP contribution in [0.3, 0.4) is 0 Å². The van der Waals surface area contributed by atoms with Crippen molar-refractivity contribution < 1.29 is 5.11 Å². The molecule has 0 aromatic heterocycles. The van der Waals surface area contributed by atoms with Crippen molar-refractivity contribution in [2.75, 3.05) is 0 Å². The molecule has 4 aromatic rings. The molecule has 0 bridgehead atoms. The summed E-state index contributed by atoms with van der Waals surface area (Å²) in [6, 6.07) is 22.0. The minimum atomic E-state index is 0.0363. The molecule has 0 spiro atoms. The lowest BCUT2D eigenvalue weighted by Crippen LogP contribution is -1.93. The van der Waals surface area contributed by atoms with Crippen LogP contribution in [0.2, 0.25) is 10.0 Å². The van der Waals surface area contributed by atoms with E-state index in [0.717, 1.165) is 35.0 Å². The summed E-state index contributed by atoms with van der Waals surface area (Å²) in [5.41, 5.74) is 6.22. The third-order valence-corrected chi connectivity index (χ3v) is 6.36. The van der Waals surface area contributed by atoms with Crippen LogP contribution in [0.25, 0.3) is 10.8 Å². The van der Waals surface area contributed by atoms with E-state index in [1.54, 1.807) is 12.3 Å². The van der Waals surface area contributed by atoms with Crippen LogP contribution >= 0.6 is 23.2 Å². The molecule has 0 saturated carbocycles.